The number of thiazole rings is 1. The van der Waals surface area contributed by atoms with Gasteiger partial charge in [-0.2, -0.15) is 0 Å². The van der Waals surface area contributed by atoms with Gasteiger partial charge in [0, 0.05) is 28.3 Å². The fourth-order valence-corrected chi connectivity index (χ4v) is 9.67. The number of ether oxygens (including phenoxy) is 2. The van der Waals surface area contributed by atoms with E-state index in [-0.39, 0.29) is 28.3 Å². The first kappa shape index (κ1) is 48.3. The molecule has 13 nitrogen and oxygen atoms in total. The Morgan fingerprint density at radius 3 is 1.88 bits per heavy atom. The van der Waals surface area contributed by atoms with Crippen LogP contribution in [0.15, 0.2) is 121 Å². The standard InChI is InChI=1S/C52H59N7O5S.CH2O.3H2/c1-51(2,3)63-49(61)56-41(36-15-9-7-10-16-36)32-58-29-13-20-44(58)47-55-42(33-65-47)38-27-23-35(24-28-38)34-21-25-37(26-22-34)40-31-53-46(54-40)43-19-14-30-59(43)48(60)45(39-17-11-8-12-18-39)57-50(62)64-52(4,5)6;1-2;;;/h7-12,15-18,21-28,31,33,41,43-45H,13-14,19-20,29-30,32H2,1-6H3,(H,53,54)(H,56,61)(H,57,62);1H2;3*1H/t41-,43-,44-,45+;;;;/m0..../s1. The molecule has 0 aliphatic carbocycles. The van der Waals surface area contributed by atoms with E-state index in [2.05, 4.69) is 86.6 Å². The van der Waals surface area contributed by atoms with Crippen molar-refractivity contribution in [3.8, 4) is 33.6 Å². The van der Waals surface area contributed by atoms with E-state index in [1.165, 1.54) is 0 Å². The van der Waals surface area contributed by atoms with E-state index in [9.17, 15) is 14.4 Å². The van der Waals surface area contributed by atoms with Crippen molar-refractivity contribution in [2.24, 2.45) is 0 Å². The van der Waals surface area contributed by atoms with Crippen molar-refractivity contribution in [3.05, 3.63) is 143 Å². The van der Waals surface area contributed by atoms with Crippen LogP contribution < -0.4 is 10.6 Å². The number of likely N-dealkylation sites (tertiary alicyclic amines) is 2. The molecule has 2 aromatic heterocycles. The summed E-state index contributed by atoms with van der Waals surface area (Å²) in [6.07, 6.45) is 4.42. The molecule has 4 heterocycles. The smallest absolute Gasteiger partial charge is 0.408 e. The van der Waals surface area contributed by atoms with E-state index in [4.69, 9.17) is 24.2 Å². The summed E-state index contributed by atoms with van der Waals surface area (Å²) in [5, 5.41) is 9.19. The molecule has 2 fully saturated rings. The third kappa shape index (κ3) is 12.4. The number of aromatic amines is 1. The lowest BCUT2D eigenvalue weighted by atomic mass is 10.0. The summed E-state index contributed by atoms with van der Waals surface area (Å²) in [4.78, 5) is 65.6. The molecule has 0 saturated carbocycles. The molecule has 0 radical (unpaired) electrons. The summed E-state index contributed by atoms with van der Waals surface area (Å²) < 4.78 is 11.2. The highest BCUT2D eigenvalue weighted by molar-refractivity contribution is 7.10. The number of rotatable bonds is 12. The molecule has 0 spiro atoms. The highest BCUT2D eigenvalue weighted by Gasteiger charge is 2.38. The highest BCUT2D eigenvalue weighted by atomic mass is 32.1. The first-order chi connectivity index (χ1) is 32.2. The zero-order valence-corrected chi connectivity index (χ0v) is 40.0. The zero-order valence-electron chi connectivity index (χ0n) is 39.2. The second kappa shape index (κ2) is 21.3. The van der Waals surface area contributed by atoms with Crippen LogP contribution in [0.2, 0.25) is 0 Å². The Labute approximate surface area is 401 Å². The second-order valence-corrected chi connectivity index (χ2v) is 19.7. The Kier molecular flexibility index (Phi) is 15.4. The van der Waals surface area contributed by atoms with Crippen molar-refractivity contribution in [2.75, 3.05) is 19.6 Å². The third-order valence-corrected chi connectivity index (χ3v) is 12.6. The van der Waals surface area contributed by atoms with Gasteiger partial charge >= 0.3 is 12.2 Å². The summed E-state index contributed by atoms with van der Waals surface area (Å²) in [5.74, 6) is 0.513. The van der Waals surface area contributed by atoms with E-state index in [0.717, 1.165) is 76.4 Å². The van der Waals surface area contributed by atoms with Crippen LogP contribution in [0.3, 0.4) is 0 Å². The van der Waals surface area contributed by atoms with E-state index < -0.39 is 29.4 Å². The van der Waals surface area contributed by atoms with E-state index in [0.29, 0.717) is 24.5 Å². The first-order valence-corrected chi connectivity index (χ1v) is 23.7. The molecule has 3 N–H and O–H groups in total. The molecule has 6 aromatic rings. The molecule has 2 aliphatic rings. The maximum absolute atomic E-state index is 14.2. The summed E-state index contributed by atoms with van der Waals surface area (Å²) in [7, 11) is 0. The lowest BCUT2D eigenvalue weighted by Crippen LogP contribution is -2.44. The van der Waals surface area contributed by atoms with Gasteiger partial charge in [0.05, 0.1) is 35.7 Å². The van der Waals surface area contributed by atoms with Crippen molar-refractivity contribution in [3.63, 3.8) is 0 Å². The molecule has 2 aliphatic heterocycles. The average Bonchev–Trinajstić information content (AvgIpc) is 4.16. The summed E-state index contributed by atoms with van der Waals surface area (Å²) in [6, 6.07) is 35.1. The third-order valence-electron chi connectivity index (χ3n) is 11.7. The molecule has 0 bridgehead atoms. The van der Waals surface area contributed by atoms with Crippen LogP contribution in [0.4, 0.5) is 9.59 Å². The molecular weight excluding hydrogens is 863 g/mol. The van der Waals surface area contributed by atoms with Gasteiger partial charge in [0.25, 0.3) is 5.91 Å². The van der Waals surface area contributed by atoms with Gasteiger partial charge in [0.2, 0.25) is 0 Å². The topological polar surface area (TPSA) is 159 Å². The van der Waals surface area contributed by atoms with Crippen LogP contribution in [0.25, 0.3) is 33.6 Å². The van der Waals surface area contributed by atoms with Crippen LogP contribution in [0.5, 0.6) is 0 Å². The molecule has 67 heavy (non-hydrogen) atoms. The molecule has 4 atom stereocenters. The highest BCUT2D eigenvalue weighted by Crippen LogP contribution is 2.38. The number of aromatic nitrogens is 3. The van der Waals surface area contributed by atoms with E-state index in [1.54, 1.807) is 32.1 Å². The fraction of sp³-hybridized carbons (Fsp3) is 0.358. The minimum Gasteiger partial charge on any atom is -0.444 e. The maximum Gasteiger partial charge on any atom is 0.408 e. The molecule has 356 valence electrons. The minimum atomic E-state index is -0.897. The van der Waals surface area contributed by atoms with Gasteiger partial charge in [0.1, 0.15) is 34.9 Å². The second-order valence-electron chi connectivity index (χ2n) is 18.8. The van der Waals surface area contributed by atoms with Gasteiger partial charge in [-0.1, -0.05) is 109 Å². The van der Waals surface area contributed by atoms with Crippen molar-refractivity contribution < 1.29 is 32.9 Å². The fourth-order valence-electron chi connectivity index (χ4n) is 8.67. The zero-order chi connectivity index (χ0) is 47.7. The normalized spacial score (nSPS) is 17.2. The molecule has 2 saturated heterocycles. The number of carbonyl (C=O) groups is 4. The number of hydrogen-bond donors (Lipinski definition) is 3. The Morgan fingerprint density at radius 2 is 1.27 bits per heavy atom. The van der Waals surface area contributed by atoms with E-state index >= 15 is 0 Å². The van der Waals surface area contributed by atoms with Gasteiger partial charge in [-0.3, -0.25) is 9.69 Å². The number of hydrogen-bond acceptors (Lipinski definition) is 10. The van der Waals surface area contributed by atoms with Crippen molar-refractivity contribution in [1.82, 2.24) is 35.4 Å². The van der Waals surface area contributed by atoms with Crippen LogP contribution in [0.1, 0.15) is 118 Å². The van der Waals surface area contributed by atoms with Gasteiger partial charge < -0.3 is 34.8 Å². The van der Waals surface area contributed by atoms with Crippen LogP contribution in [0, 0.1) is 0 Å². The number of benzene rings is 4. The van der Waals surface area contributed by atoms with Gasteiger partial charge in [0.15, 0.2) is 0 Å². The summed E-state index contributed by atoms with van der Waals surface area (Å²) in [5.41, 5.74) is 6.50. The Bertz CT molecular complexity index is 2590. The summed E-state index contributed by atoms with van der Waals surface area (Å²) >= 11 is 1.69. The number of nitrogens with zero attached hydrogens (tertiary/aromatic N) is 4. The number of nitrogens with one attached hydrogen (secondary N) is 3. The number of imidazole rings is 1. The quantitative estimate of drug-likeness (QED) is 0.109. The predicted octanol–water partition coefficient (Wildman–Crippen LogP) is 11.8. The maximum atomic E-state index is 14.2. The lowest BCUT2D eigenvalue weighted by molar-refractivity contribution is -0.134. The number of alkyl carbamates (subject to hydrolysis) is 2. The van der Waals surface area contributed by atoms with Crippen molar-refractivity contribution in [1.29, 1.82) is 0 Å². The predicted molar refractivity (Wildman–Crippen MR) is 268 cm³/mol. The molecule has 14 heteroatoms. The number of carbonyl (C=O) groups excluding carboxylic acids is 4. The Morgan fingerprint density at radius 1 is 0.731 bits per heavy atom. The van der Waals surface area contributed by atoms with Gasteiger partial charge in [-0.05, 0) is 102 Å². The minimum absolute atomic E-state index is 0. The Hall–Kier alpha value is -6.64. The molecule has 3 amide bonds. The van der Waals surface area contributed by atoms with Crippen LogP contribution in [-0.2, 0) is 19.1 Å². The molecule has 8 rings (SSSR count). The SMILES string of the molecule is C=O.CC(C)(C)OC(=O)N[C@@H](CN1CCC[C@H]1c1nc(-c2ccc(-c3ccc(-c4cnc([C@@H]5CCCN5C(=O)[C@H](NC(=O)OC(C)(C)C)c5ccccc5)[nH]4)cc3)cc2)cs1)c1ccccc1.[HH].[HH].[HH]. The molecule has 0 unspecified atom stereocenters. The van der Waals surface area contributed by atoms with Crippen LogP contribution >= 0.6 is 11.3 Å². The number of H-pyrrole nitrogens is 1. The summed E-state index contributed by atoms with van der Waals surface area (Å²) in [6.45, 7) is 15.2. The van der Waals surface area contributed by atoms with Crippen molar-refractivity contribution in [2.45, 2.75) is 103 Å². The first-order valence-electron chi connectivity index (χ1n) is 22.8. The van der Waals surface area contributed by atoms with E-state index in [1.807, 2.05) is 87.2 Å². The van der Waals surface area contributed by atoms with Crippen LogP contribution in [-0.4, -0.2) is 80.5 Å². The van der Waals surface area contributed by atoms with Crippen molar-refractivity contribution >= 4 is 36.2 Å². The monoisotopic (exact) mass is 929 g/mol. The average molecular weight is 930 g/mol. The largest absolute Gasteiger partial charge is 0.444 e. The number of amides is 3. The molecule has 4 aromatic carbocycles. The van der Waals surface area contributed by atoms with Gasteiger partial charge in [-0.25, -0.2) is 19.6 Å². The molecular formula is C53H67N7O6S. The lowest BCUT2D eigenvalue weighted by Gasteiger charge is -2.29. The van der Waals surface area contributed by atoms with Gasteiger partial charge in [-0.15, -0.1) is 11.3 Å². The Balaban J connectivity index is 0.00000210.